The normalized spacial score (nSPS) is 10.1. The Morgan fingerprint density at radius 3 is 2.90 bits per heavy atom. The lowest BCUT2D eigenvalue weighted by Gasteiger charge is -2.07. The van der Waals surface area contributed by atoms with Crippen molar-refractivity contribution in [1.82, 2.24) is 5.32 Å². The fourth-order valence-electron chi connectivity index (χ4n) is 1.57. The number of benzene rings is 1. The topological polar surface area (TPSA) is 73.6 Å². The highest BCUT2D eigenvalue weighted by molar-refractivity contribution is 7.12. The van der Waals surface area contributed by atoms with Crippen molar-refractivity contribution in [3.63, 3.8) is 0 Å². The van der Waals surface area contributed by atoms with Crippen LogP contribution in [0.5, 0.6) is 11.5 Å². The predicted octanol–water partition coefficient (Wildman–Crippen LogP) is 2.15. The molecule has 2 rings (SSSR count). The van der Waals surface area contributed by atoms with Crippen molar-refractivity contribution in [2.75, 3.05) is 26.0 Å². The van der Waals surface area contributed by atoms with Crippen molar-refractivity contribution in [3.05, 3.63) is 40.6 Å². The van der Waals surface area contributed by atoms with E-state index in [1.165, 1.54) is 11.3 Å². The fraction of sp³-hybridized carbons (Fsp3) is 0.214. The average molecular weight is 292 g/mol. The van der Waals surface area contributed by atoms with Crippen molar-refractivity contribution in [2.24, 2.45) is 0 Å². The van der Waals surface area contributed by atoms with Crippen LogP contribution in [0.4, 0.5) is 5.69 Å². The molecule has 0 aliphatic carbocycles. The molecule has 0 fully saturated rings. The zero-order valence-corrected chi connectivity index (χ0v) is 11.9. The first-order chi connectivity index (χ1) is 9.69. The number of hydrogen-bond acceptors (Lipinski definition) is 5. The van der Waals surface area contributed by atoms with Crippen LogP contribution >= 0.6 is 11.3 Å². The van der Waals surface area contributed by atoms with Crippen molar-refractivity contribution in [2.45, 2.75) is 0 Å². The molecule has 6 heteroatoms. The molecule has 3 N–H and O–H groups in total. The van der Waals surface area contributed by atoms with Gasteiger partial charge in [-0.2, -0.15) is 0 Å². The first-order valence-electron chi connectivity index (χ1n) is 6.08. The van der Waals surface area contributed by atoms with Crippen molar-refractivity contribution >= 4 is 22.9 Å². The molecular weight excluding hydrogens is 276 g/mol. The van der Waals surface area contributed by atoms with Gasteiger partial charge in [-0.25, -0.2) is 0 Å². The third-order valence-corrected chi connectivity index (χ3v) is 3.46. The summed E-state index contributed by atoms with van der Waals surface area (Å²) in [5.74, 6) is 1.25. The van der Waals surface area contributed by atoms with E-state index < -0.39 is 0 Å². The molecule has 106 valence electrons. The molecule has 1 amide bonds. The molecule has 0 aliphatic heterocycles. The summed E-state index contributed by atoms with van der Waals surface area (Å²) in [6, 6.07) is 8.88. The van der Waals surface area contributed by atoms with E-state index >= 15 is 0 Å². The number of carbonyl (C=O) groups is 1. The molecule has 20 heavy (non-hydrogen) atoms. The summed E-state index contributed by atoms with van der Waals surface area (Å²) >= 11 is 1.34. The number of ether oxygens (including phenoxy) is 2. The van der Waals surface area contributed by atoms with E-state index in [1.807, 2.05) is 12.1 Å². The standard InChI is InChI=1S/C14H16N2O3S/c1-18-12-8-13(20-9-12)14(17)16-5-6-19-11-4-2-3-10(15)7-11/h2-4,7-9H,5-6,15H2,1H3,(H,16,17). The molecule has 0 aliphatic rings. The van der Waals surface area contributed by atoms with Gasteiger partial charge in [-0.3, -0.25) is 4.79 Å². The highest BCUT2D eigenvalue weighted by atomic mass is 32.1. The number of amides is 1. The van der Waals surface area contributed by atoms with Gasteiger partial charge in [0.05, 0.1) is 18.5 Å². The zero-order chi connectivity index (χ0) is 14.4. The molecule has 5 nitrogen and oxygen atoms in total. The van der Waals surface area contributed by atoms with Gasteiger partial charge in [0.2, 0.25) is 0 Å². The molecule has 0 saturated heterocycles. The fourth-order valence-corrected chi connectivity index (χ4v) is 2.34. The minimum atomic E-state index is -0.130. The van der Waals surface area contributed by atoms with Crippen LogP contribution in [-0.2, 0) is 0 Å². The Balaban J connectivity index is 1.74. The number of nitrogens with one attached hydrogen (secondary N) is 1. The molecule has 0 radical (unpaired) electrons. The Bertz CT molecular complexity index is 583. The first kappa shape index (κ1) is 14.2. The summed E-state index contributed by atoms with van der Waals surface area (Å²) in [5, 5.41) is 4.57. The summed E-state index contributed by atoms with van der Waals surface area (Å²) in [7, 11) is 1.57. The number of hydrogen-bond donors (Lipinski definition) is 2. The van der Waals surface area contributed by atoms with Crippen molar-refractivity contribution in [1.29, 1.82) is 0 Å². The van der Waals surface area contributed by atoms with Crippen molar-refractivity contribution < 1.29 is 14.3 Å². The monoisotopic (exact) mass is 292 g/mol. The highest BCUT2D eigenvalue weighted by Gasteiger charge is 2.08. The molecule has 0 saturated carbocycles. The second kappa shape index (κ2) is 6.81. The minimum absolute atomic E-state index is 0.130. The first-order valence-corrected chi connectivity index (χ1v) is 6.96. The van der Waals surface area contributed by atoms with Crippen LogP contribution in [0.15, 0.2) is 35.7 Å². The molecule has 1 aromatic carbocycles. The number of thiophene rings is 1. The number of methoxy groups -OCH3 is 1. The smallest absolute Gasteiger partial charge is 0.261 e. The van der Waals surface area contributed by atoms with Crippen LogP contribution in [0.1, 0.15) is 9.67 Å². The summed E-state index contributed by atoms with van der Waals surface area (Å²) in [6.45, 7) is 0.811. The summed E-state index contributed by atoms with van der Waals surface area (Å²) < 4.78 is 10.5. The van der Waals surface area contributed by atoms with E-state index in [0.29, 0.717) is 35.2 Å². The van der Waals surface area contributed by atoms with Crippen LogP contribution in [0, 0.1) is 0 Å². The van der Waals surface area contributed by atoms with Gasteiger partial charge in [-0.05, 0) is 12.1 Å². The van der Waals surface area contributed by atoms with E-state index in [4.69, 9.17) is 15.2 Å². The predicted molar refractivity (Wildman–Crippen MR) is 79.6 cm³/mol. The van der Waals surface area contributed by atoms with Gasteiger partial charge in [0.1, 0.15) is 18.1 Å². The van der Waals surface area contributed by atoms with Gasteiger partial charge >= 0.3 is 0 Å². The summed E-state index contributed by atoms with van der Waals surface area (Å²) in [5.41, 5.74) is 6.29. The van der Waals surface area contributed by atoms with E-state index in [9.17, 15) is 4.79 Å². The highest BCUT2D eigenvalue weighted by Crippen LogP contribution is 2.20. The van der Waals surface area contributed by atoms with Crippen LogP contribution in [0.2, 0.25) is 0 Å². The van der Waals surface area contributed by atoms with E-state index in [2.05, 4.69) is 5.32 Å². The summed E-state index contributed by atoms with van der Waals surface area (Å²) in [6.07, 6.45) is 0. The lowest BCUT2D eigenvalue weighted by atomic mass is 10.3. The van der Waals surface area contributed by atoms with E-state index in [1.54, 1.807) is 30.7 Å². The lowest BCUT2D eigenvalue weighted by molar-refractivity contribution is 0.0951. The maximum absolute atomic E-state index is 11.8. The zero-order valence-electron chi connectivity index (χ0n) is 11.1. The quantitative estimate of drug-likeness (QED) is 0.632. The SMILES string of the molecule is COc1csc(C(=O)NCCOc2cccc(N)c2)c1. The molecule has 2 aromatic rings. The Hall–Kier alpha value is -2.21. The van der Waals surface area contributed by atoms with Gasteiger partial charge < -0.3 is 20.5 Å². The van der Waals surface area contributed by atoms with Gasteiger partial charge in [-0.1, -0.05) is 6.07 Å². The van der Waals surface area contributed by atoms with Crippen molar-refractivity contribution in [3.8, 4) is 11.5 Å². The number of nitrogen functional groups attached to an aromatic ring is 1. The van der Waals surface area contributed by atoms with E-state index in [0.717, 1.165) is 0 Å². The molecular formula is C14H16N2O3S. The van der Waals surface area contributed by atoms with Crippen LogP contribution in [-0.4, -0.2) is 26.2 Å². The van der Waals surface area contributed by atoms with Crippen LogP contribution in [0.3, 0.4) is 0 Å². The lowest BCUT2D eigenvalue weighted by Crippen LogP contribution is -2.27. The molecule has 0 spiro atoms. The second-order valence-electron chi connectivity index (χ2n) is 4.03. The number of carbonyl (C=O) groups excluding carboxylic acids is 1. The van der Waals surface area contributed by atoms with Gasteiger partial charge in [-0.15, -0.1) is 11.3 Å². The third kappa shape index (κ3) is 3.89. The molecule has 0 atom stereocenters. The number of anilines is 1. The van der Waals surface area contributed by atoms with Crippen LogP contribution in [0.25, 0.3) is 0 Å². The molecule has 1 heterocycles. The van der Waals surface area contributed by atoms with Gasteiger partial charge in [0, 0.05) is 23.2 Å². The molecule has 0 unspecified atom stereocenters. The van der Waals surface area contributed by atoms with Crippen LogP contribution < -0.4 is 20.5 Å². The van der Waals surface area contributed by atoms with E-state index in [-0.39, 0.29) is 5.91 Å². The Morgan fingerprint density at radius 2 is 2.20 bits per heavy atom. The average Bonchev–Trinajstić information content (AvgIpc) is 2.92. The van der Waals surface area contributed by atoms with Gasteiger partial charge in [0.15, 0.2) is 0 Å². The van der Waals surface area contributed by atoms with Gasteiger partial charge in [0.25, 0.3) is 5.91 Å². The molecule has 1 aromatic heterocycles. The maximum Gasteiger partial charge on any atom is 0.261 e. The number of rotatable bonds is 6. The third-order valence-electron chi connectivity index (χ3n) is 2.55. The minimum Gasteiger partial charge on any atom is -0.496 e. The summed E-state index contributed by atoms with van der Waals surface area (Å²) in [4.78, 5) is 12.4. The molecule has 0 bridgehead atoms. The maximum atomic E-state index is 11.8. The Labute approximate surface area is 121 Å². The number of nitrogens with two attached hydrogens (primary N) is 1. The Kier molecular flexibility index (Phi) is 4.84. The second-order valence-corrected chi connectivity index (χ2v) is 4.94. The Morgan fingerprint density at radius 1 is 1.35 bits per heavy atom. The largest absolute Gasteiger partial charge is 0.496 e.